The average Bonchev–Trinajstić information content (AvgIpc) is 2.91. The highest BCUT2D eigenvalue weighted by molar-refractivity contribution is 7.89. The number of likely N-dealkylation sites (tertiary alicyclic amines) is 1. The second-order valence-corrected chi connectivity index (χ2v) is 14.0. The normalized spacial score (nSPS) is 25.3. The zero-order valence-electron chi connectivity index (χ0n) is 24.9. The van der Waals surface area contributed by atoms with Crippen LogP contribution < -0.4 is 26.4 Å². The van der Waals surface area contributed by atoms with Gasteiger partial charge in [0.1, 0.15) is 16.9 Å². The van der Waals surface area contributed by atoms with E-state index in [1.165, 1.54) is 21.6 Å². The van der Waals surface area contributed by atoms with Crippen LogP contribution >= 0.6 is 0 Å². The van der Waals surface area contributed by atoms with Crippen molar-refractivity contribution >= 4 is 21.6 Å². The fourth-order valence-electron chi connectivity index (χ4n) is 5.86. The average molecular weight is 625 g/mol. The molecule has 3 heterocycles. The lowest BCUT2D eigenvalue weighted by atomic mass is 9.90. The Morgan fingerprint density at radius 3 is 2.44 bits per heavy atom. The first-order valence-electron chi connectivity index (χ1n) is 14.6. The maximum atomic E-state index is 15.1. The van der Waals surface area contributed by atoms with Gasteiger partial charge in [-0.25, -0.2) is 31.6 Å². The van der Waals surface area contributed by atoms with Crippen molar-refractivity contribution in [1.29, 1.82) is 0 Å². The molecule has 0 unspecified atom stereocenters. The molecule has 2 aliphatic carbocycles. The molecule has 2 fully saturated rings. The summed E-state index contributed by atoms with van der Waals surface area (Å²) in [5, 5.41) is 3.49. The molecular weight excluding hydrogens is 585 g/mol. The molecule has 1 aromatic rings. The van der Waals surface area contributed by atoms with E-state index >= 15 is 4.39 Å². The van der Waals surface area contributed by atoms with Gasteiger partial charge >= 0.3 is 0 Å². The van der Waals surface area contributed by atoms with E-state index in [0.717, 1.165) is 25.7 Å². The van der Waals surface area contributed by atoms with Crippen molar-refractivity contribution in [3.05, 3.63) is 50.6 Å². The summed E-state index contributed by atoms with van der Waals surface area (Å²) in [5.74, 6) is -3.55. The first kappa shape index (κ1) is 31.4. The molecule has 0 atom stereocenters. The van der Waals surface area contributed by atoms with E-state index in [9.17, 15) is 22.0 Å². The topological polar surface area (TPSA) is 124 Å². The SMILES string of the molecule is CC(C)n1c2c(nc(=C3C=CC(NS(=O)(=O)CCN4CC(F)(F)C4)=C(F)C3)c1=O)CN=C(NC1CCC(N(C)C)CC1)N=2. The molecule has 0 spiro atoms. The van der Waals surface area contributed by atoms with Gasteiger partial charge in [-0.2, -0.15) is 4.99 Å². The molecule has 43 heavy (non-hydrogen) atoms. The van der Waals surface area contributed by atoms with Crippen molar-refractivity contribution < 1.29 is 21.6 Å². The summed E-state index contributed by atoms with van der Waals surface area (Å²) in [6.45, 7) is 2.85. The number of nitrogens with zero attached hydrogens (tertiary/aromatic N) is 6. The Morgan fingerprint density at radius 2 is 1.84 bits per heavy atom. The van der Waals surface area contributed by atoms with Gasteiger partial charge in [0.15, 0.2) is 5.49 Å². The lowest BCUT2D eigenvalue weighted by molar-refractivity contribution is -0.128. The van der Waals surface area contributed by atoms with E-state index in [-0.39, 0.29) is 42.6 Å². The number of alkyl halides is 2. The predicted octanol–water partition coefficient (Wildman–Crippen LogP) is 0.938. The van der Waals surface area contributed by atoms with Crippen molar-refractivity contribution in [2.24, 2.45) is 9.98 Å². The van der Waals surface area contributed by atoms with E-state index in [0.29, 0.717) is 28.8 Å². The molecule has 5 rings (SSSR count). The maximum Gasteiger partial charge on any atom is 0.278 e. The van der Waals surface area contributed by atoms with Crippen LogP contribution in [0.1, 0.15) is 57.7 Å². The summed E-state index contributed by atoms with van der Waals surface area (Å²) in [7, 11) is 0.217. The number of hydrogen-bond donors (Lipinski definition) is 2. The summed E-state index contributed by atoms with van der Waals surface area (Å²) < 4.78 is 69.8. The smallest absolute Gasteiger partial charge is 0.278 e. The van der Waals surface area contributed by atoms with Crippen molar-refractivity contribution in [2.75, 3.05) is 39.5 Å². The van der Waals surface area contributed by atoms with Crippen LogP contribution in [-0.2, 0) is 16.6 Å². The third kappa shape index (κ3) is 7.20. The first-order chi connectivity index (χ1) is 20.2. The molecule has 1 saturated heterocycles. The third-order valence-electron chi connectivity index (χ3n) is 8.27. The minimum Gasteiger partial charge on any atom is -0.352 e. The van der Waals surface area contributed by atoms with E-state index in [2.05, 4.69) is 44.0 Å². The lowest BCUT2D eigenvalue weighted by Gasteiger charge is -2.38. The van der Waals surface area contributed by atoms with Crippen LogP contribution in [0.15, 0.2) is 38.5 Å². The lowest BCUT2D eigenvalue weighted by Crippen LogP contribution is -2.57. The molecule has 2 N–H and O–H groups in total. The summed E-state index contributed by atoms with van der Waals surface area (Å²) in [4.78, 5) is 31.0. The fraction of sp³-hybridized carbons (Fsp3) is 0.643. The van der Waals surface area contributed by atoms with Gasteiger partial charge in [0.05, 0.1) is 31.1 Å². The van der Waals surface area contributed by atoms with Gasteiger partial charge in [-0.3, -0.25) is 19.0 Å². The molecule has 4 aliphatic rings. The fourth-order valence-corrected chi connectivity index (χ4v) is 6.97. The second kappa shape index (κ2) is 12.2. The molecule has 1 aromatic heterocycles. The van der Waals surface area contributed by atoms with E-state index < -0.39 is 46.2 Å². The van der Waals surface area contributed by atoms with Gasteiger partial charge in [-0.1, -0.05) is 6.08 Å². The van der Waals surface area contributed by atoms with Gasteiger partial charge in [0.25, 0.3) is 11.5 Å². The number of rotatable bonds is 8. The number of halogens is 3. The molecule has 1 saturated carbocycles. The number of nitrogens with one attached hydrogen (secondary N) is 2. The molecule has 0 amide bonds. The van der Waals surface area contributed by atoms with Crippen LogP contribution in [0.4, 0.5) is 13.2 Å². The number of aliphatic imine (C=N–C) groups is 1. The first-order valence-corrected chi connectivity index (χ1v) is 16.2. The Balaban J connectivity index is 1.34. The van der Waals surface area contributed by atoms with E-state index in [4.69, 9.17) is 0 Å². The zero-order chi connectivity index (χ0) is 31.1. The van der Waals surface area contributed by atoms with Gasteiger partial charge in [-0.05, 0) is 65.3 Å². The highest BCUT2D eigenvalue weighted by Gasteiger charge is 2.43. The van der Waals surface area contributed by atoms with Crippen LogP contribution in [-0.4, -0.2) is 91.2 Å². The van der Waals surface area contributed by atoms with Crippen LogP contribution in [0.3, 0.4) is 0 Å². The number of sulfonamides is 1. The Morgan fingerprint density at radius 1 is 1.14 bits per heavy atom. The Labute approximate surface area is 249 Å². The molecule has 236 valence electrons. The molecule has 11 nitrogen and oxygen atoms in total. The van der Waals surface area contributed by atoms with Gasteiger partial charge in [0.2, 0.25) is 16.0 Å². The number of allylic oxidation sites excluding steroid dienone is 3. The largest absolute Gasteiger partial charge is 0.352 e. The maximum absolute atomic E-state index is 15.1. The van der Waals surface area contributed by atoms with Crippen LogP contribution in [0.2, 0.25) is 0 Å². The molecule has 0 aromatic carbocycles. The highest BCUT2D eigenvalue weighted by atomic mass is 32.2. The minimum absolute atomic E-state index is 0.0586. The van der Waals surface area contributed by atoms with Crippen LogP contribution in [0.25, 0.3) is 5.57 Å². The summed E-state index contributed by atoms with van der Waals surface area (Å²) in [5.41, 5.74) is 0.547. The van der Waals surface area contributed by atoms with Crippen LogP contribution in [0.5, 0.6) is 0 Å². The molecule has 2 aliphatic heterocycles. The van der Waals surface area contributed by atoms with Crippen LogP contribution in [0, 0.1) is 0 Å². The van der Waals surface area contributed by atoms with E-state index in [1.54, 1.807) is 0 Å². The standard InChI is InChI=1S/C28H39F3N8O3S/c1-17(2)39-25-23(14-32-27(35-25)33-19-6-8-20(9-7-19)37(3)4)34-24(26(39)40)18-5-10-22(21(29)13-18)36-43(41,42)12-11-38-15-28(30,31)16-38/h5,10,17,19-20,36H,6-9,11-16H2,1-4H3,(H,32,33). The Hall–Kier alpha value is -3.04. The van der Waals surface area contributed by atoms with Gasteiger partial charge in [-0.15, -0.1) is 0 Å². The third-order valence-corrected chi connectivity index (χ3v) is 9.52. The number of hydrogen-bond acceptors (Lipinski definition) is 9. The van der Waals surface area contributed by atoms with Crippen molar-refractivity contribution in [2.45, 2.75) is 76.5 Å². The van der Waals surface area contributed by atoms with Crippen molar-refractivity contribution in [3.63, 3.8) is 0 Å². The highest BCUT2D eigenvalue weighted by Crippen LogP contribution is 2.27. The Bertz CT molecular complexity index is 1630. The molecule has 0 bridgehead atoms. The van der Waals surface area contributed by atoms with Crippen molar-refractivity contribution in [3.8, 4) is 0 Å². The number of fused-ring (bicyclic) bond motifs is 1. The summed E-state index contributed by atoms with van der Waals surface area (Å²) in [6, 6.07) is 0.550. The molecular formula is C28H39F3N8O3S. The quantitative estimate of drug-likeness (QED) is 0.441. The minimum atomic E-state index is -3.98. The predicted molar refractivity (Wildman–Crippen MR) is 157 cm³/mol. The van der Waals surface area contributed by atoms with Crippen molar-refractivity contribution in [1.82, 2.24) is 29.4 Å². The van der Waals surface area contributed by atoms with Gasteiger partial charge in [0, 0.05) is 31.1 Å². The Kier molecular flexibility index (Phi) is 8.87. The zero-order valence-corrected chi connectivity index (χ0v) is 25.7. The molecule has 15 heteroatoms. The molecule has 0 radical (unpaired) electrons. The summed E-state index contributed by atoms with van der Waals surface area (Å²) >= 11 is 0. The number of guanidine groups is 1. The van der Waals surface area contributed by atoms with E-state index in [1.807, 2.05) is 13.8 Å². The monoisotopic (exact) mass is 624 g/mol. The number of aromatic nitrogens is 2. The second-order valence-electron chi connectivity index (χ2n) is 12.2. The van der Waals surface area contributed by atoms with Gasteiger partial charge < -0.3 is 10.2 Å². The summed E-state index contributed by atoms with van der Waals surface area (Å²) in [6.07, 6.45) is 6.54.